The zero-order valence-electron chi connectivity index (χ0n) is 15.0. The first kappa shape index (κ1) is 21.8. The topological polar surface area (TPSA) is 49.3 Å². The summed E-state index contributed by atoms with van der Waals surface area (Å²) in [6, 6.07) is 14.5. The van der Waals surface area contributed by atoms with Crippen LogP contribution in [0.1, 0.15) is 25.1 Å². The van der Waals surface area contributed by atoms with E-state index in [1.165, 1.54) is 10.5 Å². The lowest BCUT2D eigenvalue weighted by molar-refractivity contribution is 0.791. The zero-order chi connectivity index (χ0) is 17.2. The summed E-state index contributed by atoms with van der Waals surface area (Å²) in [5.74, 6) is 0.836. The maximum absolute atomic E-state index is 4.65. The first-order valence-electron chi connectivity index (χ1n) is 8.33. The second-order valence-electron chi connectivity index (χ2n) is 5.58. The van der Waals surface area contributed by atoms with E-state index in [0.717, 1.165) is 24.7 Å². The molecule has 136 valence electrons. The van der Waals surface area contributed by atoms with Gasteiger partial charge in [0.2, 0.25) is 0 Å². The number of hydrogen-bond acceptors (Lipinski definition) is 3. The number of guanidine groups is 1. The van der Waals surface area contributed by atoms with Gasteiger partial charge >= 0.3 is 0 Å². The second kappa shape index (κ2) is 12.1. The third kappa shape index (κ3) is 8.09. The van der Waals surface area contributed by atoms with Gasteiger partial charge in [0.25, 0.3) is 0 Å². The highest BCUT2D eigenvalue weighted by atomic mass is 127. The molecule has 1 aromatic heterocycles. The fraction of sp³-hybridized carbons (Fsp3) is 0.368. The summed E-state index contributed by atoms with van der Waals surface area (Å²) < 4.78 is 0. The van der Waals surface area contributed by atoms with Gasteiger partial charge in [-0.05, 0) is 37.6 Å². The van der Waals surface area contributed by atoms with Crippen LogP contribution >= 0.6 is 35.7 Å². The Hall–Kier alpha value is -1.28. The number of aromatic nitrogens is 1. The van der Waals surface area contributed by atoms with E-state index in [9.17, 15) is 0 Å². The molecule has 1 unspecified atom stereocenters. The lowest BCUT2D eigenvalue weighted by Gasteiger charge is -2.16. The third-order valence-corrected chi connectivity index (χ3v) is 4.60. The molecule has 4 nitrogen and oxygen atoms in total. The summed E-state index contributed by atoms with van der Waals surface area (Å²) in [7, 11) is 0. The van der Waals surface area contributed by atoms with Gasteiger partial charge in [0.15, 0.2) is 5.96 Å². The molecular weight excluding hydrogens is 443 g/mol. The second-order valence-corrected chi connectivity index (χ2v) is 7.10. The highest BCUT2D eigenvalue weighted by Gasteiger charge is 2.06. The van der Waals surface area contributed by atoms with Crippen molar-refractivity contribution in [2.45, 2.75) is 37.5 Å². The minimum atomic E-state index is 0. The number of benzene rings is 1. The molecule has 0 amide bonds. The molecule has 0 spiro atoms. The fourth-order valence-electron chi connectivity index (χ4n) is 2.19. The minimum Gasteiger partial charge on any atom is -0.357 e. The van der Waals surface area contributed by atoms with E-state index in [0.29, 0.717) is 11.8 Å². The number of nitrogens with one attached hydrogen (secondary N) is 2. The lowest BCUT2D eigenvalue weighted by Crippen LogP contribution is -2.40. The molecule has 0 saturated heterocycles. The Balaban J connectivity index is 0.00000312. The van der Waals surface area contributed by atoms with Gasteiger partial charge in [0.05, 0.1) is 12.2 Å². The van der Waals surface area contributed by atoms with Crippen molar-refractivity contribution in [1.29, 1.82) is 0 Å². The van der Waals surface area contributed by atoms with Crippen molar-refractivity contribution < 1.29 is 0 Å². The van der Waals surface area contributed by atoms with E-state index in [2.05, 4.69) is 71.7 Å². The highest BCUT2D eigenvalue weighted by Crippen LogP contribution is 2.21. The summed E-state index contributed by atoms with van der Waals surface area (Å²) in [5, 5.41) is 7.17. The van der Waals surface area contributed by atoms with Gasteiger partial charge in [-0.15, -0.1) is 35.7 Å². The molecule has 2 N–H and O–H groups in total. The molecule has 0 aliphatic carbocycles. The molecule has 1 heterocycles. The van der Waals surface area contributed by atoms with Crippen LogP contribution in [-0.2, 0) is 6.54 Å². The molecular formula is C19H27IN4S. The summed E-state index contributed by atoms with van der Waals surface area (Å²) in [5.41, 5.74) is 2.19. The van der Waals surface area contributed by atoms with E-state index in [-0.39, 0.29) is 24.0 Å². The van der Waals surface area contributed by atoms with Gasteiger partial charge < -0.3 is 10.6 Å². The summed E-state index contributed by atoms with van der Waals surface area (Å²) >= 11 is 1.86. The van der Waals surface area contributed by atoms with Crippen molar-refractivity contribution in [3.63, 3.8) is 0 Å². The number of halogens is 1. The molecule has 2 rings (SSSR count). The quantitative estimate of drug-likeness (QED) is 0.275. The van der Waals surface area contributed by atoms with Crippen molar-refractivity contribution in [1.82, 2.24) is 15.6 Å². The first-order chi connectivity index (χ1) is 11.7. The van der Waals surface area contributed by atoms with E-state index in [1.54, 1.807) is 0 Å². The van der Waals surface area contributed by atoms with Gasteiger partial charge in [-0.3, -0.25) is 4.98 Å². The minimum absolute atomic E-state index is 0. The maximum atomic E-state index is 4.65. The van der Waals surface area contributed by atoms with Gasteiger partial charge in [-0.25, -0.2) is 4.99 Å². The average Bonchev–Trinajstić information content (AvgIpc) is 2.59. The van der Waals surface area contributed by atoms with Gasteiger partial charge in [-0.1, -0.05) is 31.2 Å². The monoisotopic (exact) mass is 470 g/mol. The molecule has 0 aliphatic rings. The Kier molecular flexibility index (Phi) is 10.6. The summed E-state index contributed by atoms with van der Waals surface area (Å²) in [6.07, 6.45) is 1.82. The third-order valence-electron chi connectivity index (χ3n) is 3.49. The maximum Gasteiger partial charge on any atom is 0.191 e. The highest BCUT2D eigenvalue weighted by molar-refractivity contribution is 14.0. The van der Waals surface area contributed by atoms with Crippen molar-refractivity contribution in [2.24, 2.45) is 4.99 Å². The number of aryl methyl sites for hydroxylation is 1. The Morgan fingerprint density at radius 1 is 1.16 bits per heavy atom. The van der Waals surface area contributed by atoms with Crippen molar-refractivity contribution in [3.05, 3.63) is 59.9 Å². The SMILES string of the molecule is CCNC(=NCc1ncccc1C)NCC(C)Sc1ccccc1.I. The van der Waals surface area contributed by atoms with Crippen LogP contribution in [0.2, 0.25) is 0 Å². The van der Waals surface area contributed by atoms with E-state index in [4.69, 9.17) is 0 Å². The number of pyridine rings is 1. The molecule has 0 aliphatic heterocycles. The van der Waals surface area contributed by atoms with E-state index >= 15 is 0 Å². The zero-order valence-corrected chi connectivity index (χ0v) is 18.2. The van der Waals surface area contributed by atoms with Gasteiger partial charge in [0.1, 0.15) is 0 Å². The van der Waals surface area contributed by atoms with E-state index < -0.39 is 0 Å². The van der Waals surface area contributed by atoms with E-state index in [1.807, 2.05) is 30.1 Å². The van der Waals surface area contributed by atoms with Crippen LogP contribution in [0, 0.1) is 6.92 Å². The number of nitrogens with zero attached hydrogens (tertiary/aromatic N) is 2. The van der Waals surface area contributed by atoms with Crippen LogP contribution in [-0.4, -0.2) is 29.3 Å². The number of thioether (sulfide) groups is 1. The molecule has 25 heavy (non-hydrogen) atoms. The van der Waals surface area contributed by atoms with Crippen LogP contribution in [0.3, 0.4) is 0 Å². The van der Waals surface area contributed by atoms with Crippen molar-refractivity contribution in [3.8, 4) is 0 Å². The molecule has 1 atom stereocenters. The largest absolute Gasteiger partial charge is 0.357 e. The smallest absolute Gasteiger partial charge is 0.191 e. The van der Waals surface area contributed by atoms with Crippen LogP contribution < -0.4 is 10.6 Å². The predicted octanol–water partition coefficient (Wildman–Crippen LogP) is 4.24. The Morgan fingerprint density at radius 2 is 1.92 bits per heavy atom. The summed E-state index contributed by atoms with van der Waals surface area (Å²) in [4.78, 5) is 10.3. The molecule has 6 heteroatoms. The molecule has 0 fully saturated rings. The van der Waals surface area contributed by atoms with Gasteiger partial charge in [0, 0.05) is 29.4 Å². The standard InChI is InChI=1S/C19H26N4S.HI/c1-4-20-19(23-14-18-15(2)9-8-12-21-18)22-13-16(3)24-17-10-6-5-7-11-17;/h5-12,16H,4,13-14H2,1-3H3,(H2,20,22,23);1H. The molecule has 0 radical (unpaired) electrons. The molecule has 0 bridgehead atoms. The van der Waals surface area contributed by atoms with Crippen LogP contribution in [0.25, 0.3) is 0 Å². The molecule has 2 aromatic rings. The Morgan fingerprint density at radius 3 is 2.60 bits per heavy atom. The van der Waals surface area contributed by atoms with Crippen LogP contribution in [0.5, 0.6) is 0 Å². The van der Waals surface area contributed by atoms with Crippen molar-refractivity contribution >= 4 is 41.7 Å². The summed E-state index contributed by atoms with van der Waals surface area (Å²) in [6.45, 7) is 8.64. The molecule has 0 saturated carbocycles. The van der Waals surface area contributed by atoms with Crippen LogP contribution in [0.4, 0.5) is 0 Å². The lowest BCUT2D eigenvalue weighted by atomic mass is 10.2. The normalized spacial score (nSPS) is 12.2. The number of hydrogen-bond donors (Lipinski definition) is 2. The average molecular weight is 470 g/mol. The predicted molar refractivity (Wildman–Crippen MR) is 119 cm³/mol. The Labute approximate surface area is 172 Å². The van der Waals surface area contributed by atoms with Gasteiger partial charge in [-0.2, -0.15) is 0 Å². The fourth-order valence-corrected chi connectivity index (χ4v) is 3.14. The van der Waals surface area contributed by atoms with Crippen LogP contribution in [0.15, 0.2) is 58.5 Å². The molecule has 1 aromatic carbocycles. The first-order valence-corrected chi connectivity index (χ1v) is 9.21. The Bertz CT molecular complexity index is 649. The number of rotatable bonds is 7. The number of aliphatic imine (C=N–C) groups is 1. The van der Waals surface area contributed by atoms with Crippen molar-refractivity contribution in [2.75, 3.05) is 13.1 Å².